The van der Waals surface area contributed by atoms with Crippen molar-refractivity contribution in [3.63, 3.8) is 0 Å². The topological polar surface area (TPSA) is 51.5 Å². The number of furan rings is 1. The van der Waals surface area contributed by atoms with E-state index in [-0.39, 0.29) is 5.91 Å². The Morgan fingerprint density at radius 1 is 1.42 bits per heavy atom. The highest BCUT2D eigenvalue weighted by Gasteiger charge is 2.13. The fraction of sp³-hybridized carbons (Fsp3) is 0.214. The summed E-state index contributed by atoms with van der Waals surface area (Å²) in [6.45, 7) is 2.75. The molecule has 0 aliphatic carbocycles. The summed E-state index contributed by atoms with van der Waals surface area (Å²) in [5, 5.41) is 2.79. The molecule has 0 fully saturated rings. The van der Waals surface area contributed by atoms with Crippen LogP contribution in [-0.2, 0) is 6.54 Å². The fourth-order valence-electron chi connectivity index (χ4n) is 1.64. The average Bonchev–Trinajstić information content (AvgIpc) is 2.91. The van der Waals surface area contributed by atoms with Crippen LogP contribution in [0, 0.1) is 0 Å². The summed E-state index contributed by atoms with van der Waals surface area (Å²) in [5.41, 5.74) is 0.503. The molecule has 0 saturated carbocycles. The van der Waals surface area contributed by atoms with Gasteiger partial charge in [0, 0.05) is 4.47 Å². The number of carbonyl (C=O) groups is 1. The van der Waals surface area contributed by atoms with E-state index < -0.39 is 0 Å². The number of ether oxygens (including phenoxy) is 1. The van der Waals surface area contributed by atoms with Crippen molar-refractivity contribution in [2.24, 2.45) is 0 Å². The van der Waals surface area contributed by atoms with Crippen LogP contribution >= 0.6 is 15.9 Å². The van der Waals surface area contributed by atoms with Crippen LogP contribution in [0.5, 0.6) is 5.75 Å². The van der Waals surface area contributed by atoms with Crippen molar-refractivity contribution in [3.8, 4) is 5.75 Å². The Morgan fingerprint density at radius 3 is 2.95 bits per heavy atom. The van der Waals surface area contributed by atoms with E-state index in [1.54, 1.807) is 24.5 Å². The van der Waals surface area contributed by atoms with Crippen LogP contribution in [0.4, 0.5) is 0 Å². The fourth-order valence-corrected chi connectivity index (χ4v) is 2.00. The van der Waals surface area contributed by atoms with Crippen LogP contribution in [0.1, 0.15) is 23.0 Å². The summed E-state index contributed by atoms with van der Waals surface area (Å²) < 4.78 is 11.4. The normalized spacial score (nSPS) is 10.2. The molecule has 19 heavy (non-hydrogen) atoms. The molecule has 0 atom stereocenters. The first kappa shape index (κ1) is 13.7. The lowest BCUT2D eigenvalue weighted by Gasteiger charge is -2.10. The molecule has 1 amide bonds. The second-order valence-electron chi connectivity index (χ2n) is 3.84. The Kier molecular flexibility index (Phi) is 4.63. The molecule has 0 radical (unpaired) electrons. The standard InChI is InChI=1S/C14H14BrNO3/c1-2-18-13-6-5-10(15)8-12(13)14(17)16-9-11-4-3-7-19-11/h3-8H,2,9H2,1H3,(H,16,17). The minimum Gasteiger partial charge on any atom is -0.493 e. The van der Waals surface area contributed by atoms with Crippen LogP contribution in [-0.4, -0.2) is 12.5 Å². The van der Waals surface area contributed by atoms with Crippen molar-refractivity contribution in [2.45, 2.75) is 13.5 Å². The van der Waals surface area contributed by atoms with Gasteiger partial charge in [0.1, 0.15) is 11.5 Å². The Bertz CT molecular complexity index is 552. The van der Waals surface area contributed by atoms with Gasteiger partial charge in [-0.25, -0.2) is 0 Å². The van der Waals surface area contributed by atoms with Gasteiger partial charge < -0.3 is 14.5 Å². The molecular formula is C14H14BrNO3. The van der Waals surface area contributed by atoms with Gasteiger partial charge in [0.25, 0.3) is 5.91 Å². The molecule has 1 heterocycles. The first-order valence-electron chi connectivity index (χ1n) is 5.93. The Morgan fingerprint density at radius 2 is 2.26 bits per heavy atom. The molecule has 4 nitrogen and oxygen atoms in total. The first-order chi connectivity index (χ1) is 9.20. The van der Waals surface area contributed by atoms with Crippen LogP contribution in [0.3, 0.4) is 0 Å². The molecule has 1 N–H and O–H groups in total. The van der Waals surface area contributed by atoms with E-state index in [1.165, 1.54) is 0 Å². The minimum atomic E-state index is -0.193. The first-order valence-corrected chi connectivity index (χ1v) is 6.73. The predicted octanol–water partition coefficient (Wildman–Crippen LogP) is 3.37. The quantitative estimate of drug-likeness (QED) is 0.917. The van der Waals surface area contributed by atoms with Crippen LogP contribution in [0.15, 0.2) is 45.5 Å². The molecular weight excluding hydrogens is 310 g/mol. The van der Waals surface area contributed by atoms with Crippen LogP contribution in [0.25, 0.3) is 0 Å². The van der Waals surface area contributed by atoms with Gasteiger partial charge >= 0.3 is 0 Å². The van der Waals surface area contributed by atoms with Gasteiger partial charge in [0.15, 0.2) is 0 Å². The highest BCUT2D eigenvalue weighted by atomic mass is 79.9. The summed E-state index contributed by atoms with van der Waals surface area (Å²) in [6.07, 6.45) is 1.58. The van der Waals surface area contributed by atoms with E-state index in [0.29, 0.717) is 30.2 Å². The zero-order chi connectivity index (χ0) is 13.7. The van der Waals surface area contributed by atoms with Gasteiger partial charge in [-0.1, -0.05) is 15.9 Å². The number of halogens is 1. The molecule has 0 saturated heterocycles. The molecule has 0 aliphatic heterocycles. The lowest BCUT2D eigenvalue weighted by atomic mass is 10.2. The average molecular weight is 324 g/mol. The largest absolute Gasteiger partial charge is 0.493 e. The molecule has 0 aliphatic rings. The van der Waals surface area contributed by atoms with Gasteiger partial charge in [-0.3, -0.25) is 4.79 Å². The summed E-state index contributed by atoms with van der Waals surface area (Å²) >= 11 is 3.35. The van der Waals surface area contributed by atoms with Crippen molar-refractivity contribution in [1.29, 1.82) is 0 Å². The molecule has 100 valence electrons. The van der Waals surface area contributed by atoms with Gasteiger partial charge in [0.2, 0.25) is 0 Å². The second-order valence-corrected chi connectivity index (χ2v) is 4.75. The molecule has 0 bridgehead atoms. The third-order valence-electron chi connectivity index (χ3n) is 2.49. The molecule has 0 spiro atoms. The minimum absolute atomic E-state index is 0.193. The lowest BCUT2D eigenvalue weighted by Crippen LogP contribution is -2.23. The number of benzene rings is 1. The number of carbonyl (C=O) groups excluding carboxylic acids is 1. The zero-order valence-electron chi connectivity index (χ0n) is 10.5. The number of nitrogens with one attached hydrogen (secondary N) is 1. The SMILES string of the molecule is CCOc1ccc(Br)cc1C(=O)NCc1ccco1. The molecule has 5 heteroatoms. The number of hydrogen-bond donors (Lipinski definition) is 1. The number of rotatable bonds is 5. The van der Waals surface area contributed by atoms with E-state index in [2.05, 4.69) is 21.2 Å². The smallest absolute Gasteiger partial charge is 0.255 e. The highest BCUT2D eigenvalue weighted by molar-refractivity contribution is 9.10. The van der Waals surface area contributed by atoms with Crippen LogP contribution < -0.4 is 10.1 Å². The highest BCUT2D eigenvalue weighted by Crippen LogP contribution is 2.23. The van der Waals surface area contributed by atoms with Crippen molar-refractivity contribution in [3.05, 3.63) is 52.4 Å². The van der Waals surface area contributed by atoms with Gasteiger partial charge in [0.05, 0.1) is 25.0 Å². The Balaban J connectivity index is 2.11. The molecule has 1 aromatic carbocycles. The van der Waals surface area contributed by atoms with Gasteiger partial charge in [-0.05, 0) is 37.3 Å². The van der Waals surface area contributed by atoms with E-state index >= 15 is 0 Å². The molecule has 2 rings (SSSR count). The lowest BCUT2D eigenvalue weighted by molar-refractivity contribution is 0.0944. The van der Waals surface area contributed by atoms with Crippen molar-refractivity contribution < 1.29 is 13.9 Å². The number of amides is 1. The molecule has 1 aromatic heterocycles. The van der Waals surface area contributed by atoms with Gasteiger partial charge in [-0.15, -0.1) is 0 Å². The maximum Gasteiger partial charge on any atom is 0.255 e. The zero-order valence-corrected chi connectivity index (χ0v) is 12.1. The third kappa shape index (κ3) is 3.61. The van der Waals surface area contributed by atoms with Crippen LogP contribution in [0.2, 0.25) is 0 Å². The van der Waals surface area contributed by atoms with Crippen molar-refractivity contribution in [2.75, 3.05) is 6.61 Å². The summed E-state index contributed by atoms with van der Waals surface area (Å²) in [6, 6.07) is 8.95. The predicted molar refractivity (Wildman–Crippen MR) is 75.2 cm³/mol. The van der Waals surface area contributed by atoms with E-state index in [1.807, 2.05) is 19.1 Å². The molecule has 2 aromatic rings. The van der Waals surface area contributed by atoms with E-state index in [9.17, 15) is 4.79 Å². The van der Waals surface area contributed by atoms with Crippen molar-refractivity contribution in [1.82, 2.24) is 5.32 Å². The Labute approximate surface area is 119 Å². The summed E-state index contributed by atoms with van der Waals surface area (Å²) in [5.74, 6) is 1.09. The monoisotopic (exact) mass is 323 g/mol. The maximum atomic E-state index is 12.1. The van der Waals surface area contributed by atoms with E-state index in [0.717, 1.165) is 4.47 Å². The third-order valence-corrected chi connectivity index (χ3v) is 2.98. The van der Waals surface area contributed by atoms with Crippen molar-refractivity contribution >= 4 is 21.8 Å². The van der Waals surface area contributed by atoms with E-state index in [4.69, 9.17) is 9.15 Å². The molecule has 0 unspecified atom stereocenters. The number of hydrogen-bond acceptors (Lipinski definition) is 3. The summed E-state index contributed by atoms with van der Waals surface area (Å²) in [7, 11) is 0. The maximum absolute atomic E-state index is 12.1. The second kappa shape index (κ2) is 6.43. The Hall–Kier alpha value is -1.75. The summed E-state index contributed by atoms with van der Waals surface area (Å²) in [4.78, 5) is 12.1. The van der Waals surface area contributed by atoms with Gasteiger partial charge in [-0.2, -0.15) is 0 Å².